The van der Waals surface area contributed by atoms with Crippen LogP contribution in [-0.4, -0.2) is 25.5 Å². The number of carbonyl (C=O) groups excluding carboxylic acids is 2. The van der Waals surface area contributed by atoms with Gasteiger partial charge in [0.2, 0.25) is 0 Å². The summed E-state index contributed by atoms with van der Waals surface area (Å²) in [5.74, 6) is -0.142. The van der Waals surface area contributed by atoms with Crippen LogP contribution in [0.3, 0.4) is 0 Å². The first-order valence-corrected chi connectivity index (χ1v) is 7.86. The van der Waals surface area contributed by atoms with Gasteiger partial charge in [-0.2, -0.15) is 0 Å². The van der Waals surface area contributed by atoms with Crippen molar-refractivity contribution in [2.45, 2.75) is 6.92 Å². The molecule has 0 aliphatic carbocycles. The van der Waals surface area contributed by atoms with Crippen molar-refractivity contribution in [3.8, 4) is 5.75 Å². The molecule has 2 N–H and O–H groups in total. The van der Waals surface area contributed by atoms with Crippen LogP contribution in [0.1, 0.15) is 15.9 Å². The van der Waals surface area contributed by atoms with Crippen molar-refractivity contribution < 1.29 is 14.3 Å². The Morgan fingerprint density at radius 1 is 1.12 bits per heavy atom. The smallest absolute Gasteiger partial charge is 0.262 e. The zero-order valence-electron chi connectivity index (χ0n) is 13.2. The van der Waals surface area contributed by atoms with E-state index in [0.717, 1.165) is 5.56 Å². The van der Waals surface area contributed by atoms with E-state index in [9.17, 15) is 9.59 Å². The molecule has 0 saturated heterocycles. The highest BCUT2D eigenvalue weighted by atomic mass is 35.5. The molecule has 5 nitrogen and oxygen atoms in total. The van der Waals surface area contributed by atoms with E-state index in [0.29, 0.717) is 27.0 Å². The van der Waals surface area contributed by atoms with Crippen LogP contribution in [0.4, 0.5) is 5.69 Å². The van der Waals surface area contributed by atoms with E-state index in [1.807, 2.05) is 0 Å². The Labute approximate surface area is 149 Å². The Kier molecular flexibility index (Phi) is 6.06. The molecule has 2 aromatic rings. The maximum absolute atomic E-state index is 12.0. The largest absolute Gasteiger partial charge is 0.482 e. The van der Waals surface area contributed by atoms with Crippen molar-refractivity contribution in [3.63, 3.8) is 0 Å². The van der Waals surface area contributed by atoms with Crippen molar-refractivity contribution in [3.05, 3.63) is 57.6 Å². The van der Waals surface area contributed by atoms with E-state index in [4.69, 9.17) is 27.9 Å². The van der Waals surface area contributed by atoms with E-state index in [1.54, 1.807) is 44.3 Å². The van der Waals surface area contributed by atoms with Gasteiger partial charge in [0.05, 0.1) is 5.02 Å². The highest BCUT2D eigenvalue weighted by Gasteiger charge is 2.10. The average Bonchev–Trinajstić information content (AvgIpc) is 2.55. The molecular weight excluding hydrogens is 351 g/mol. The topological polar surface area (TPSA) is 67.4 Å². The first-order chi connectivity index (χ1) is 11.4. The Hall–Kier alpha value is -2.24. The fourth-order valence-corrected chi connectivity index (χ4v) is 2.47. The molecule has 0 aromatic heterocycles. The number of benzene rings is 2. The molecule has 0 radical (unpaired) electrons. The average molecular weight is 367 g/mol. The maximum Gasteiger partial charge on any atom is 0.262 e. The van der Waals surface area contributed by atoms with Crippen LogP contribution in [0, 0.1) is 6.92 Å². The van der Waals surface area contributed by atoms with Crippen LogP contribution in [0.2, 0.25) is 10.0 Å². The Morgan fingerprint density at radius 2 is 1.88 bits per heavy atom. The summed E-state index contributed by atoms with van der Waals surface area (Å²) in [5.41, 5.74) is 1.91. The van der Waals surface area contributed by atoms with Gasteiger partial charge in [-0.1, -0.05) is 23.2 Å². The van der Waals surface area contributed by atoms with Crippen LogP contribution in [0.25, 0.3) is 0 Å². The van der Waals surface area contributed by atoms with Crippen molar-refractivity contribution in [1.29, 1.82) is 0 Å². The predicted molar refractivity (Wildman–Crippen MR) is 95.2 cm³/mol. The molecule has 0 aliphatic heterocycles. The summed E-state index contributed by atoms with van der Waals surface area (Å²) in [5, 5.41) is 6.10. The molecule has 2 amide bonds. The van der Waals surface area contributed by atoms with E-state index < -0.39 is 0 Å². The Morgan fingerprint density at radius 3 is 2.50 bits per heavy atom. The third-order valence-corrected chi connectivity index (χ3v) is 3.77. The predicted octanol–water partition coefficient (Wildman–Crippen LogP) is 3.68. The third kappa shape index (κ3) is 4.63. The van der Waals surface area contributed by atoms with Gasteiger partial charge in [-0.25, -0.2) is 0 Å². The number of anilines is 1. The highest BCUT2D eigenvalue weighted by Crippen LogP contribution is 2.27. The molecule has 2 rings (SSSR count). The van der Waals surface area contributed by atoms with E-state index in [1.165, 1.54) is 6.07 Å². The van der Waals surface area contributed by atoms with Gasteiger partial charge >= 0.3 is 0 Å². The lowest BCUT2D eigenvalue weighted by Gasteiger charge is -2.11. The SMILES string of the molecule is CNC(=O)c1ccc(NC(=O)COc2ccc(Cl)cc2Cl)c(C)c1. The summed E-state index contributed by atoms with van der Waals surface area (Å²) in [6, 6.07) is 9.78. The minimum absolute atomic E-state index is 0.184. The molecule has 7 heteroatoms. The summed E-state index contributed by atoms with van der Waals surface area (Å²) in [6.45, 7) is 1.61. The van der Waals surface area contributed by atoms with Gasteiger partial charge in [0.15, 0.2) is 6.61 Å². The molecule has 24 heavy (non-hydrogen) atoms. The van der Waals surface area contributed by atoms with Crippen molar-refractivity contribution >= 4 is 40.7 Å². The van der Waals surface area contributed by atoms with Crippen LogP contribution in [-0.2, 0) is 4.79 Å². The van der Waals surface area contributed by atoms with E-state index in [-0.39, 0.29) is 18.4 Å². The molecule has 0 aliphatic rings. The maximum atomic E-state index is 12.0. The minimum atomic E-state index is -0.336. The van der Waals surface area contributed by atoms with Gasteiger partial charge in [-0.15, -0.1) is 0 Å². The number of amides is 2. The summed E-state index contributed by atoms with van der Waals surface area (Å²) in [6.07, 6.45) is 0. The molecule has 2 aromatic carbocycles. The van der Waals surface area contributed by atoms with Crippen LogP contribution in [0.5, 0.6) is 5.75 Å². The molecular formula is C17H16Cl2N2O3. The fraction of sp³-hybridized carbons (Fsp3) is 0.176. The zero-order chi connectivity index (χ0) is 17.7. The number of aryl methyl sites for hydroxylation is 1. The molecule has 0 saturated carbocycles. The number of halogens is 2. The lowest BCUT2D eigenvalue weighted by atomic mass is 10.1. The number of nitrogens with one attached hydrogen (secondary N) is 2. The van der Waals surface area contributed by atoms with Gasteiger partial charge < -0.3 is 15.4 Å². The van der Waals surface area contributed by atoms with Gasteiger partial charge in [0.1, 0.15) is 5.75 Å². The molecule has 126 valence electrons. The van der Waals surface area contributed by atoms with Crippen molar-refractivity contribution in [2.24, 2.45) is 0 Å². The summed E-state index contributed by atoms with van der Waals surface area (Å²) in [7, 11) is 1.56. The second-order valence-electron chi connectivity index (χ2n) is 5.02. The first kappa shape index (κ1) is 18.1. The molecule has 0 atom stereocenters. The van der Waals surface area contributed by atoms with Crippen molar-refractivity contribution in [2.75, 3.05) is 19.0 Å². The monoisotopic (exact) mass is 366 g/mol. The zero-order valence-corrected chi connectivity index (χ0v) is 14.7. The third-order valence-electron chi connectivity index (χ3n) is 3.24. The number of hydrogen-bond donors (Lipinski definition) is 2. The molecule has 0 bridgehead atoms. The number of rotatable bonds is 5. The lowest BCUT2D eigenvalue weighted by Crippen LogP contribution is -2.21. The van der Waals surface area contributed by atoms with Gasteiger partial charge in [-0.3, -0.25) is 9.59 Å². The Bertz CT molecular complexity index is 778. The van der Waals surface area contributed by atoms with E-state index in [2.05, 4.69) is 10.6 Å². The van der Waals surface area contributed by atoms with Gasteiger partial charge in [0.25, 0.3) is 11.8 Å². The standard InChI is InChI=1S/C17H16Cl2N2O3/c1-10-7-11(17(23)20-2)3-5-14(10)21-16(22)9-24-15-6-4-12(18)8-13(15)19/h3-8H,9H2,1-2H3,(H,20,23)(H,21,22). The first-order valence-electron chi connectivity index (χ1n) is 7.11. The summed E-state index contributed by atoms with van der Waals surface area (Å²) in [4.78, 5) is 23.6. The minimum Gasteiger partial charge on any atom is -0.482 e. The second-order valence-corrected chi connectivity index (χ2v) is 5.86. The lowest BCUT2D eigenvalue weighted by molar-refractivity contribution is -0.118. The van der Waals surface area contributed by atoms with Crippen molar-refractivity contribution in [1.82, 2.24) is 5.32 Å². The van der Waals surface area contributed by atoms with Gasteiger partial charge in [0, 0.05) is 23.3 Å². The fourth-order valence-electron chi connectivity index (χ4n) is 2.01. The number of ether oxygens (including phenoxy) is 1. The van der Waals surface area contributed by atoms with Crippen LogP contribution in [0.15, 0.2) is 36.4 Å². The molecule has 0 spiro atoms. The normalized spacial score (nSPS) is 10.2. The molecule has 0 unspecified atom stereocenters. The Balaban J connectivity index is 1.98. The second kappa shape index (κ2) is 8.04. The van der Waals surface area contributed by atoms with Gasteiger partial charge in [-0.05, 0) is 48.9 Å². The molecule has 0 heterocycles. The van der Waals surface area contributed by atoms with Crippen LogP contribution < -0.4 is 15.4 Å². The van der Waals surface area contributed by atoms with E-state index >= 15 is 0 Å². The highest BCUT2D eigenvalue weighted by molar-refractivity contribution is 6.35. The van der Waals surface area contributed by atoms with Crippen LogP contribution >= 0.6 is 23.2 Å². The molecule has 0 fully saturated rings. The number of hydrogen-bond acceptors (Lipinski definition) is 3. The summed E-state index contributed by atoms with van der Waals surface area (Å²) < 4.78 is 5.38. The number of carbonyl (C=O) groups is 2. The quantitative estimate of drug-likeness (QED) is 0.847. The summed E-state index contributed by atoms with van der Waals surface area (Å²) >= 11 is 11.8.